The number of likely N-dealkylation sites (tertiary alicyclic amines) is 1. The normalized spacial score (nSPS) is 32.3. The number of aromatic hydroxyl groups is 1. The molecule has 1 saturated carbocycles. The van der Waals surface area contributed by atoms with E-state index in [1.165, 1.54) is 25.1 Å². The first kappa shape index (κ1) is 31.6. The van der Waals surface area contributed by atoms with Crippen LogP contribution in [0.25, 0.3) is 5.76 Å². The molecule has 238 valence electrons. The van der Waals surface area contributed by atoms with E-state index >= 15 is 0 Å². The van der Waals surface area contributed by atoms with Crippen LogP contribution < -0.4 is 0 Å². The lowest BCUT2D eigenvalue weighted by molar-refractivity contribution is -0.759. The van der Waals surface area contributed by atoms with Gasteiger partial charge in [0.2, 0.25) is 5.78 Å². The number of fused-ring (bicyclic) bond motifs is 3. The van der Waals surface area contributed by atoms with Crippen LogP contribution in [0.3, 0.4) is 0 Å². The second-order valence-corrected chi connectivity index (χ2v) is 12.4. The van der Waals surface area contributed by atoms with Crippen LogP contribution in [0.15, 0.2) is 35.1 Å². The van der Waals surface area contributed by atoms with Crippen LogP contribution >= 0.6 is 0 Å². The Labute approximate surface area is 252 Å². The van der Waals surface area contributed by atoms with Crippen molar-refractivity contribution in [3.8, 4) is 5.75 Å². The van der Waals surface area contributed by atoms with Crippen molar-refractivity contribution in [1.82, 2.24) is 9.80 Å². The molecule has 3 aliphatic carbocycles. The van der Waals surface area contributed by atoms with E-state index in [4.69, 9.17) is 0 Å². The maximum atomic E-state index is 14.2. The van der Waals surface area contributed by atoms with Crippen molar-refractivity contribution in [2.24, 2.45) is 17.8 Å². The van der Waals surface area contributed by atoms with Crippen LogP contribution in [-0.4, -0.2) is 116 Å². The molecule has 1 aromatic rings. The van der Waals surface area contributed by atoms with E-state index in [9.17, 15) is 50.0 Å². The summed E-state index contributed by atoms with van der Waals surface area (Å²) < 4.78 is 0. The van der Waals surface area contributed by atoms with Gasteiger partial charge < -0.3 is 35.3 Å². The van der Waals surface area contributed by atoms with Gasteiger partial charge >= 0.3 is 0 Å². The minimum absolute atomic E-state index is 0.0342. The minimum Gasteiger partial charge on any atom is -0.508 e. The van der Waals surface area contributed by atoms with E-state index in [1.54, 1.807) is 19.1 Å². The van der Waals surface area contributed by atoms with Crippen molar-refractivity contribution < 1.29 is 49.8 Å². The first-order chi connectivity index (χ1) is 20.7. The standard InChI is InChI=1S/C30H37N3O11/c1-14-16-7-4-8-17(34)20(16)25(36)22-19(14)26(37)23-24(31(2)3)27(38)21(28(39)30(23,41)29(22)40)18(35)9-11-32-10-5-6-15(12-32)13-44-33(42)43/h4,7-8,14-15,19,23-24,26,34,36-37,39,41H,5-6,9-13H2,1-3H3. The van der Waals surface area contributed by atoms with E-state index in [0.29, 0.717) is 31.5 Å². The quantitative estimate of drug-likeness (QED) is 0.156. The monoisotopic (exact) mass is 615 g/mol. The first-order valence-corrected chi connectivity index (χ1v) is 14.6. The molecule has 5 rings (SSSR count). The van der Waals surface area contributed by atoms with Crippen molar-refractivity contribution in [3.63, 3.8) is 0 Å². The Morgan fingerprint density at radius 3 is 2.59 bits per heavy atom. The summed E-state index contributed by atoms with van der Waals surface area (Å²) in [4.78, 5) is 59.9. The van der Waals surface area contributed by atoms with Crippen molar-refractivity contribution >= 4 is 23.1 Å². The summed E-state index contributed by atoms with van der Waals surface area (Å²) in [5, 5.41) is 66.7. The average Bonchev–Trinajstić information content (AvgIpc) is 2.97. The van der Waals surface area contributed by atoms with Crippen molar-refractivity contribution in [3.05, 3.63) is 56.3 Å². The number of Topliss-reactive ketones (excluding diaryl/α,β-unsaturated/α-hetero) is 3. The fourth-order valence-corrected chi connectivity index (χ4v) is 7.65. The highest BCUT2D eigenvalue weighted by atomic mass is 16.9. The number of phenols is 1. The number of ketones is 3. The highest BCUT2D eigenvalue weighted by Gasteiger charge is 2.68. The number of piperidine rings is 1. The van der Waals surface area contributed by atoms with E-state index in [-0.39, 0.29) is 36.8 Å². The zero-order valence-corrected chi connectivity index (χ0v) is 24.7. The third-order valence-corrected chi connectivity index (χ3v) is 9.70. The molecular formula is C30H37N3O11. The van der Waals surface area contributed by atoms with E-state index in [1.807, 2.05) is 4.90 Å². The molecule has 5 N–H and O–H groups in total. The fourth-order valence-electron chi connectivity index (χ4n) is 7.65. The molecule has 0 amide bonds. The van der Waals surface area contributed by atoms with E-state index in [2.05, 4.69) is 4.84 Å². The summed E-state index contributed by atoms with van der Waals surface area (Å²) in [7, 11) is 2.98. The molecule has 44 heavy (non-hydrogen) atoms. The zero-order valence-electron chi connectivity index (χ0n) is 24.7. The van der Waals surface area contributed by atoms with Crippen LogP contribution in [0, 0.1) is 27.9 Å². The number of hydrogen-bond donors (Lipinski definition) is 5. The number of benzene rings is 1. The molecule has 1 heterocycles. The first-order valence-electron chi connectivity index (χ1n) is 14.6. The Morgan fingerprint density at radius 2 is 1.93 bits per heavy atom. The molecule has 0 bridgehead atoms. The predicted molar refractivity (Wildman–Crippen MR) is 153 cm³/mol. The maximum absolute atomic E-state index is 14.2. The summed E-state index contributed by atoms with van der Waals surface area (Å²) in [5.41, 5.74) is -3.66. The Bertz CT molecular complexity index is 1470. The third-order valence-electron chi connectivity index (χ3n) is 9.70. The lowest BCUT2D eigenvalue weighted by Gasteiger charge is -2.53. The molecular weight excluding hydrogens is 578 g/mol. The Balaban J connectivity index is 1.51. The number of hydrogen-bond acceptors (Lipinski definition) is 13. The molecule has 0 spiro atoms. The molecule has 1 aliphatic heterocycles. The topological polar surface area (TPSA) is 211 Å². The number of phenolic OH excluding ortho intramolecular Hbond substituents is 1. The molecule has 14 heteroatoms. The number of aliphatic hydroxyl groups excluding tert-OH is 3. The second kappa shape index (κ2) is 11.6. The van der Waals surface area contributed by atoms with Gasteiger partial charge in [-0.05, 0) is 56.9 Å². The molecule has 14 nitrogen and oxygen atoms in total. The highest BCUT2D eigenvalue weighted by molar-refractivity contribution is 6.25. The van der Waals surface area contributed by atoms with Gasteiger partial charge in [-0.25, -0.2) is 0 Å². The van der Waals surface area contributed by atoms with Crippen molar-refractivity contribution in [2.45, 2.75) is 49.9 Å². The minimum atomic E-state index is -2.93. The number of rotatable bonds is 8. The van der Waals surface area contributed by atoms with E-state index < -0.39 is 80.6 Å². The van der Waals surface area contributed by atoms with Gasteiger partial charge in [0.15, 0.2) is 17.2 Å². The van der Waals surface area contributed by atoms with Crippen LogP contribution in [-0.2, 0) is 19.2 Å². The Kier molecular flexibility index (Phi) is 8.31. The lowest BCUT2D eigenvalue weighted by Crippen LogP contribution is -2.70. The maximum Gasteiger partial charge on any atom is 0.294 e. The number of carbonyl (C=O) groups is 3. The zero-order chi connectivity index (χ0) is 32.2. The second-order valence-electron chi connectivity index (χ2n) is 12.4. The number of likely N-dealkylation sites (N-methyl/N-ethyl adjacent to an activating group) is 1. The molecule has 1 aromatic carbocycles. The number of aliphatic hydroxyl groups is 4. The summed E-state index contributed by atoms with van der Waals surface area (Å²) in [6.45, 7) is 2.75. The van der Waals surface area contributed by atoms with Gasteiger partial charge in [-0.15, -0.1) is 10.1 Å². The number of carbonyl (C=O) groups excluding carboxylic acids is 3. The summed E-state index contributed by atoms with van der Waals surface area (Å²) in [5.74, 6) is -8.43. The predicted octanol–water partition coefficient (Wildman–Crippen LogP) is 0.890. The van der Waals surface area contributed by atoms with Crippen molar-refractivity contribution in [1.29, 1.82) is 0 Å². The van der Waals surface area contributed by atoms with E-state index in [0.717, 1.165) is 0 Å². The number of nitrogens with zero attached hydrogens (tertiary/aromatic N) is 3. The van der Waals surface area contributed by atoms with Crippen LogP contribution in [0.5, 0.6) is 5.75 Å². The largest absolute Gasteiger partial charge is 0.508 e. The van der Waals surface area contributed by atoms with Crippen molar-refractivity contribution in [2.75, 3.05) is 40.3 Å². The highest BCUT2D eigenvalue weighted by Crippen LogP contribution is 2.56. The van der Waals surface area contributed by atoms with Crippen LogP contribution in [0.1, 0.15) is 43.2 Å². The van der Waals surface area contributed by atoms with Gasteiger partial charge in [0.1, 0.15) is 29.4 Å². The molecule has 0 radical (unpaired) electrons. The fraction of sp³-hybridized carbons (Fsp3) is 0.567. The van der Waals surface area contributed by atoms with Gasteiger partial charge in [0.05, 0.1) is 23.6 Å². The average molecular weight is 616 g/mol. The smallest absolute Gasteiger partial charge is 0.294 e. The molecule has 7 unspecified atom stereocenters. The van der Waals surface area contributed by atoms with Gasteiger partial charge in [-0.1, -0.05) is 19.1 Å². The van der Waals surface area contributed by atoms with Gasteiger partial charge in [-0.3, -0.25) is 19.3 Å². The van der Waals surface area contributed by atoms with Crippen LogP contribution in [0.4, 0.5) is 0 Å². The molecule has 0 aromatic heterocycles. The molecule has 1 saturated heterocycles. The summed E-state index contributed by atoms with van der Waals surface area (Å²) in [6.07, 6.45) is -0.473. The Hall–Kier alpha value is -3.85. The van der Waals surface area contributed by atoms with Gasteiger partial charge in [0, 0.05) is 31.0 Å². The molecule has 4 aliphatic rings. The summed E-state index contributed by atoms with van der Waals surface area (Å²) >= 11 is 0. The molecule has 2 fully saturated rings. The van der Waals surface area contributed by atoms with Crippen LogP contribution in [0.2, 0.25) is 0 Å². The third kappa shape index (κ3) is 4.85. The molecule has 7 atom stereocenters. The SMILES string of the molecule is CC1c2cccc(O)c2C(O)=C2C(=O)C3(O)C(O)=C(C(=O)CCN4CCCC(CO[N+](=O)[O-])C4)C(=O)C(N(C)C)C3C(O)C21. The Morgan fingerprint density at radius 1 is 1.23 bits per heavy atom. The lowest BCUT2D eigenvalue weighted by atomic mass is 9.54. The van der Waals surface area contributed by atoms with Gasteiger partial charge in [-0.2, -0.15) is 0 Å². The van der Waals surface area contributed by atoms with Gasteiger partial charge in [0.25, 0.3) is 5.09 Å². The summed E-state index contributed by atoms with van der Waals surface area (Å²) in [6, 6.07) is 3.13.